The second kappa shape index (κ2) is 8.73. The number of sulfonamides is 1. The van der Waals surface area contributed by atoms with Gasteiger partial charge in [0.1, 0.15) is 10.6 Å². The summed E-state index contributed by atoms with van der Waals surface area (Å²) in [4.78, 5) is 12.4. The van der Waals surface area contributed by atoms with E-state index >= 15 is 0 Å². The van der Waals surface area contributed by atoms with E-state index in [1.807, 2.05) is 26.0 Å². The number of hydrogen-bond acceptors (Lipinski definition) is 4. The molecular weight excluding hydrogens is 388 g/mol. The third kappa shape index (κ3) is 5.22. The fraction of sp³-hybridized carbons (Fsp3) is 0.316. The summed E-state index contributed by atoms with van der Waals surface area (Å²) in [6.07, 6.45) is 0. The zero-order valence-corrected chi connectivity index (χ0v) is 17.2. The Hall–Kier alpha value is -2.09. The van der Waals surface area contributed by atoms with Gasteiger partial charge in [0.05, 0.1) is 12.6 Å². The summed E-state index contributed by atoms with van der Waals surface area (Å²) in [7, 11) is -4.01. The Morgan fingerprint density at radius 2 is 1.93 bits per heavy atom. The molecule has 0 fully saturated rings. The van der Waals surface area contributed by atoms with Crippen LogP contribution in [0.2, 0.25) is 5.02 Å². The number of anilines is 1. The number of rotatable bonds is 7. The van der Waals surface area contributed by atoms with Gasteiger partial charge in [-0.3, -0.25) is 4.79 Å². The Labute approximate surface area is 164 Å². The second-order valence-electron chi connectivity index (χ2n) is 6.10. The topological polar surface area (TPSA) is 84.5 Å². The summed E-state index contributed by atoms with van der Waals surface area (Å²) < 4.78 is 33.2. The molecule has 0 aliphatic heterocycles. The van der Waals surface area contributed by atoms with Gasteiger partial charge in [-0.2, -0.15) is 4.72 Å². The third-order valence-electron chi connectivity index (χ3n) is 4.08. The highest BCUT2D eigenvalue weighted by atomic mass is 35.5. The van der Waals surface area contributed by atoms with Gasteiger partial charge < -0.3 is 10.1 Å². The largest absolute Gasteiger partial charge is 0.492 e. The Bertz CT molecular complexity index is 945. The van der Waals surface area contributed by atoms with Gasteiger partial charge in [0.25, 0.3) is 0 Å². The van der Waals surface area contributed by atoms with Gasteiger partial charge >= 0.3 is 0 Å². The number of aryl methyl sites for hydroxylation is 1. The van der Waals surface area contributed by atoms with Gasteiger partial charge in [-0.25, -0.2) is 8.42 Å². The molecule has 146 valence electrons. The van der Waals surface area contributed by atoms with Crippen molar-refractivity contribution in [1.29, 1.82) is 0 Å². The standard InChI is InChI=1S/C19H23ClN2O4S/c1-5-26-17-10-9-15(20)11-18(17)27(24,25)22-14(4)19(23)21-16-8-6-7-12(2)13(16)3/h6-11,14,22H,5H2,1-4H3,(H,21,23). The normalized spacial score (nSPS) is 12.5. The first-order valence-electron chi connectivity index (χ1n) is 8.47. The van der Waals surface area contributed by atoms with Crippen LogP contribution in [0.1, 0.15) is 25.0 Å². The fourth-order valence-electron chi connectivity index (χ4n) is 2.44. The van der Waals surface area contributed by atoms with Crippen molar-refractivity contribution in [1.82, 2.24) is 4.72 Å². The number of benzene rings is 2. The number of nitrogens with one attached hydrogen (secondary N) is 2. The summed E-state index contributed by atoms with van der Waals surface area (Å²) in [6.45, 7) is 7.35. The highest BCUT2D eigenvalue weighted by Gasteiger charge is 2.26. The molecule has 8 heteroatoms. The summed E-state index contributed by atoms with van der Waals surface area (Å²) in [5.74, 6) is -0.288. The van der Waals surface area contributed by atoms with Crippen LogP contribution in [0.4, 0.5) is 5.69 Å². The number of ether oxygens (including phenoxy) is 1. The molecule has 2 N–H and O–H groups in total. The van der Waals surface area contributed by atoms with E-state index in [1.54, 1.807) is 19.1 Å². The summed E-state index contributed by atoms with van der Waals surface area (Å²) in [5, 5.41) is 3.01. The van der Waals surface area contributed by atoms with Crippen molar-refractivity contribution >= 4 is 33.2 Å². The average Bonchev–Trinajstić information content (AvgIpc) is 2.60. The molecule has 6 nitrogen and oxygen atoms in total. The number of halogens is 1. The molecule has 0 aliphatic rings. The van der Waals surface area contributed by atoms with Crippen LogP contribution >= 0.6 is 11.6 Å². The highest BCUT2D eigenvalue weighted by Crippen LogP contribution is 2.27. The predicted octanol–water partition coefficient (Wildman–Crippen LogP) is 3.66. The van der Waals surface area contributed by atoms with Crippen molar-refractivity contribution in [2.24, 2.45) is 0 Å². The Balaban J connectivity index is 2.21. The van der Waals surface area contributed by atoms with Crippen molar-refractivity contribution in [3.63, 3.8) is 0 Å². The lowest BCUT2D eigenvalue weighted by Crippen LogP contribution is -2.41. The van der Waals surface area contributed by atoms with E-state index in [2.05, 4.69) is 10.0 Å². The van der Waals surface area contributed by atoms with Gasteiger partial charge in [-0.1, -0.05) is 23.7 Å². The quantitative estimate of drug-likeness (QED) is 0.729. The predicted molar refractivity (Wildman–Crippen MR) is 107 cm³/mol. The average molecular weight is 411 g/mol. The van der Waals surface area contributed by atoms with Gasteiger partial charge in [-0.15, -0.1) is 0 Å². The van der Waals surface area contributed by atoms with E-state index in [0.717, 1.165) is 11.1 Å². The van der Waals surface area contributed by atoms with Gasteiger partial charge in [0.2, 0.25) is 15.9 Å². The minimum atomic E-state index is -4.01. The molecule has 1 amide bonds. The molecule has 2 aromatic carbocycles. The second-order valence-corrected chi connectivity index (χ2v) is 8.22. The smallest absolute Gasteiger partial charge is 0.245 e. The lowest BCUT2D eigenvalue weighted by molar-refractivity contribution is -0.117. The van der Waals surface area contributed by atoms with E-state index in [9.17, 15) is 13.2 Å². The molecule has 0 heterocycles. The molecular formula is C19H23ClN2O4S. The molecule has 1 atom stereocenters. The first-order chi connectivity index (χ1) is 12.7. The number of hydrogen-bond donors (Lipinski definition) is 2. The van der Waals surface area contributed by atoms with Crippen LogP contribution in [0.25, 0.3) is 0 Å². The summed E-state index contributed by atoms with van der Waals surface area (Å²) in [6, 6.07) is 8.86. The van der Waals surface area contributed by atoms with Crippen molar-refractivity contribution in [3.8, 4) is 5.75 Å². The first-order valence-corrected chi connectivity index (χ1v) is 10.3. The van der Waals surface area contributed by atoms with E-state index in [1.165, 1.54) is 19.1 Å². The van der Waals surface area contributed by atoms with Crippen molar-refractivity contribution in [2.45, 2.75) is 38.6 Å². The fourth-order valence-corrected chi connectivity index (χ4v) is 4.05. The van der Waals surface area contributed by atoms with Crippen molar-refractivity contribution in [3.05, 3.63) is 52.5 Å². The zero-order chi connectivity index (χ0) is 20.2. The molecule has 0 aromatic heterocycles. The highest BCUT2D eigenvalue weighted by molar-refractivity contribution is 7.89. The Morgan fingerprint density at radius 3 is 2.59 bits per heavy atom. The summed E-state index contributed by atoms with van der Waals surface area (Å²) >= 11 is 5.93. The Kier molecular flexibility index (Phi) is 6.86. The van der Waals surface area contributed by atoms with Crippen molar-refractivity contribution in [2.75, 3.05) is 11.9 Å². The van der Waals surface area contributed by atoms with Crippen LogP contribution in [0.15, 0.2) is 41.3 Å². The lowest BCUT2D eigenvalue weighted by atomic mass is 10.1. The zero-order valence-electron chi connectivity index (χ0n) is 15.7. The maximum Gasteiger partial charge on any atom is 0.245 e. The number of carbonyl (C=O) groups is 1. The third-order valence-corrected chi connectivity index (χ3v) is 5.88. The number of carbonyl (C=O) groups excluding carboxylic acids is 1. The minimum absolute atomic E-state index is 0.108. The molecule has 2 rings (SSSR count). The van der Waals surface area contributed by atoms with Gasteiger partial charge in [0, 0.05) is 10.7 Å². The molecule has 0 aliphatic carbocycles. The van der Waals surface area contributed by atoms with Gasteiger partial charge in [0.15, 0.2) is 0 Å². The SMILES string of the molecule is CCOc1ccc(Cl)cc1S(=O)(=O)NC(C)C(=O)Nc1cccc(C)c1C. The minimum Gasteiger partial charge on any atom is -0.492 e. The maximum atomic E-state index is 12.7. The van der Waals surface area contributed by atoms with Crippen molar-refractivity contribution < 1.29 is 17.9 Å². The lowest BCUT2D eigenvalue weighted by Gasteiger charge is -2.17. The van der Waals surface area contributed by atoms with E-state index in [-0.39, 0.29) is 15.7 Å². The number of amides is 1. The van der Waals surface area contributed by atoms with E-state index < -0.39 is 22.0 Å². The van der Waals surface area contributed by atoms with Crippen LogP contribution in [-0.2, 0) is 14.8 Å². The van der Waals surface area contributed by atoms with Crippen LogP contribution in [0.3, 0.4) is 0 Å². The molecule has 0 saturated heterocycles. The Morgan fingerprint density at radius 1 is 1.22 bits per heavy atom. The van der Waals surface area contributed by atoms with Crippen LogP contribution < -0.4 is 14.8 Å². The van der Waals surface area contributed by atoms with Crippen LogP contribution in [-0.4, -0.2) is 27.0 Å². The molecule has 0 bridgehead atoms. The molecule has 27 heavy (non-hydrogen) atoms. The molecule has 2 aromatic rings. The maximum absolute atomic E-state index is 12.7. The van der Waals surface area contributed by atoms with Gasteiger partial charge in [-0.05, 0) is 63.1 Å². The van der Waals surface area contributed by atoms with Crippen LogP contribution in [0, 0.1) is 13.8 Å². The monoisotopic (exact) mass is 410 g/mol. The van der Waals surface area contributed by atoms with Crippen LogP contribution in [0.5, 0.6) is 5.75 Å². The first kappa shape index (κ1) is 21.2. The molecule has 0 radical (unpaired) electrons. The summed E-state index contributed by atoms with van der Waals surface area (Å²) in [5.41, 5.74) is 2.60. The molecule has 0 spiro atoms. The van der Waals surface area contributed by atoms with E-state index in [4.69, 9.17) is 16.3 Å². The van der Waals surface area contributed by atoms with E-state index in [0.29, 0.717) is 12.3 Å². The molecule has 1 unspecified atom stereocenters. The molecule has 0 saturated carbocycles.